The predicted molar refractivity (Wildman–Crippen MR) is 108 cm³/mol. The standard InChI is InChI=1S/C20H22F3N3O5S/c1-13-15(5-7-18(24-13)20(21,22)23)19(27)25-8-10-26(11-9-25)32(28,29)14-4-6-16(30-2)17(12-14)31-3/h4-7,12H,8-11H2,1-3H3. The molecule has 0 N–H and O–H groups in total. The summed E-state index contributed by atoms with van der Waals surface area (Å²) in [6.45, 7) is 1.59. The van der Waals surface area contributed by atoms with Gasteiger partial charge in [0.2, 0.25) is 10.0 Å². The maximum atomic E-state index is 13.0. The molecule has 1 aromatic carbocycles. The maximum Gasteiger partial charge on any atom is 0.433 e. The van der Waals surface area contributed by atoms with Gasteiger partial charge in [-0.25, -0.2) is 13.4 Å². The van der Waals surface area contributed by atoms with Gasteiger partial charge in [-0.15, -0.1) is 0 Å². The molecule has 1 aliphatic rings. The van der Waals surface area contributed by atoms with Crippen molar-refractivity contribution in [2.24, 2.45) is 0 Å². The molecule has 1 saturated heterocycles. The van der Waals surface area contributed by atoms with Crippen LogP contribution in [0.3, 0.4) is 0 Å². The summed E-state index contributed by atoms with van der Waals surface area (Å²) >= 11 is 0. The van der Waals surface area contributed by atoms with Crippen molar-refractivity contribution in [3.05, 3.63) is 47.3 Å². The second kappa shape index (κ2) is 8.94. The van der Waals surface area contributed by atoms with Gasteiger partial charge >= 0.3 is 6.18 Å². The molecule has 8 nitrogen and oxygen atoms in total. The Morgan fingerprint density at radius 1 is 1.00 bits per heavy atom. The summed E-state index contributed by atoms with van der Waals surface area (Å²) in [5.74, 6) is 0.168. The van der Waals surface area contributed by atoms with Gasteiger partial charge in [-0.1, -0.05) is 0 Å². The zero-order chi connectivity index (χ0) is 23.7. The number of benzene rings is 1. The fraction of sp³-hybridized carbons (Fsp3) is 0.400. The van der Waals surface area contributed by atoms with E-state index in [1.165, 1.54) is 48.5 Å². The summed E-state index contributed by atoms with van der Waals surface area (Å²) in [6, 6.07) is 6.12. The number of nitrogens with zero attached hydrogens (tertiary/aromatic N) is 3. The lowest BCUT2D eigenvalue weighted by atomic mass is 10.1. The lowest BCUT2D eigenvalue weighted by Gasteiger charge is -2.34. The van der Waals surface area contributed by atoms with E-state index in [-0.39, 0.29) is 48.1 Å². The van der Waals surface area contributed by atoms with Crippen LogP contribution in [0.1, 0.15) is 21.7 Å². The van der Waals surface area contributed by atoms with Gasteiger partial charge in [-0.3, -0.25) is 4.79 Å². The molecule has 174 valence electrons. The monoisotopic (exact) mass is 473 g/mol. The van der Waals surface area contributed by atoms with Gasteiger partial charge in [0, 0.05) is 32.2 Å². The van der Waals surface area contributed by atoms with Gasteiger partial charge in [0.15, 0.2) is 11.5 Å². The highest BCUT2D eigenvalue weighted by molar-refractivity contribution is 7.89. The number of carbonyl (C=O) groups is 1. The van der Waals surface area contributed by atoms with Crippen LogP contribution in [0.15, 0.2) is 35.2 Å². The van der Waals surface area contributed by atoms with E-state index >= 15 is 0 Å². The Balaban J connectivity index is 1.73. The number of rotatable bonds is 5. The molecule has 0 unspecified atom stereocenters. The number of pyridine rings is 1. The molecule has 0 bridgehead atoms. The number of piperazine rings is 1. The van der Waals surface area contributed by atoms with E-state index < -0.39 is 27.8 Å². The number of amides is 1. The largest absolute Gasteiger partial charge is 0.493 e. The SMILES string of the molecule is COc1ccc(S(=O)(=O)N2CCN(C(=O)c3ccc(C(F)(F)F)nc3C)CC2)cc1OC. The molecule has 1 aliphatic heterocycles. The first-order valence-electron chi connectivity index (χ1n) is 9.55. The Hall–Kier alpha value is -2.86. The second-order valence-electron chi connectivity index (χ2n) is 7.04. The highest BCUT2D eigenvalue weighted by atomic mass is 32.2. The van der Waals surface area contributed by atoms with Crippen LogP contribution in [0.5, 0.6) is 11.5 Å². The van der Waals surface area contributed by atoms with Crippen LogP contribution in [-0.2, 0) is 16.2 Å². The van der Waals surface area contributed by atoms with Crippen molar-refractivity contribution >= 4 is 15.9 Å². The van der Waals surface area contributed by atoms with E-state index in [1.807, 2.05) is 0 Å². The molecule has 1 aromatic heterocycles. The molecule has 12 heteroatoms. The average Bonchev–Trinajstić information content (AvgIpc) is 2.77. The molecule has 1 amide bonds. The molecular weight excluding hydrogens is 451 g/mol. The number of methoxy groups -OCH3 is 2. The summed E-state index contributed by atoms with van der Waals surface area (Å²) in [6.07, 6.45) is -4.60. The zero-order valence-corrected chi connectivity index (χ0v) is 18.5. The lowest BCUT2D eigenvalue weighted by molar-refractivity contribution is -0.141. The Morgan fingerprint density at radius 3 is 2.16 bits per heavy atom. The number of carbonyl (C=O) groups excluding carboxylic acids is 1. The molecule has 0 spiro atoms. The number of sulfonamides is 1. The van der Waals surface area contributed by atoms with Crippen LogP contribution >= 0.6 is 0 Å². The van der Waals surface area contributed by atoms with Crippen molar-refractivity contribution < 1.29 is 35.9 Å². The van der Waals surface area contributed by atoms with Crippen molar-refractivity contribution in [3.63, 3.8) is 0 Å². The Kier molecular flexibility index (Phi) is 6.65. The zero-order valence-electron chi connectivity index (χ0n) is 17.6. The third kappa shape index (κ3) is 4.65. The van der Waals surface area contributed by atoms with Crippen molar-refractivity contribution in [1.82, 2.24) is 14.2 Å². The van der Waals surface area contributed by atoms with Crippen LogP contribution in [-0.4, -0.2) is 68.9 Å². The Labute approximate surface area is 183 Å². The Morgan fingerprint density at radius 2 is 1.62 bits per heavy atom. The molecule has 2 aromatic rings. The highest BCUT2D eigenvalue weighted by Gasteiger charge is 2.34. The minimum Gasteiger partial charge on any atom is -0.493 e. The molecule has 32 heavy (non-hydrogen) atoms. The maximum absolute atomic E-state index is 13.0. The van der Waals surface area contributed by atoms with Crippen molar-refractivity contribution in [3.8, 4) is 11.5 Å². The van der Waals surface area contributed by atoms with E-state index in [2.05, 4.69) is 4.98 Å². The van der Waals surface area contributed by atoms with Crippen LogP contribution < -0.4 is 9.47 Å². The first kappa shape index (κ1) is 23.8. The number of hydrogen-bond donors (Lipinski definition) is 0. The fourth-order valence-electron chi connectivity index (χ4n) is 3.37. The topological polar surface area (TPSA) is 89.0 Å². The van der Waals surface area contributed by atoms with Gasteiger partial charge in [-0.2, -0.15) is 17.5 Å². The van der Waals surface area contributed by atoms with Crippen LogP contribution in [0.2, 0.25) is 0 Å². The van der Waals surface area contributed by atoms with Gasteiger partial charge in [0.1, 0.15) is 5.69 Å². The summed E-state index contributed by atoms with van der Waals surface area (Å²) in [4.78, 5) is 17.7. The summed E-state index contributed by atoms with van der Waals surface area (Å²) in [7, 11) is -1.00. The number of ether oxygens (including phenoxy) is 2. The quantitative estimate of drug-likeness (QED) is 0.663. The molecular formula is C20H22F3N3O5S. The minimum absolute atomic E-state index is 0.0257. The molecule has 1 fully saturated rings. The fourth-order valence-corrected chi connectivity index (χ4v) is 4.81. The Bertz CT molecular complexity index is 1110. The van der Waals surface area contributed by atoms with Crippen LogP contribution in [0, 0.1) is 6.92 Å². The number of aromatic nitrogens is 1. The number of alkyl halides is 3. The lowest BCUT2D eigenvalue weighted by Crippen LogP contribution is -2.50. The number of halogens is 3. The number of hydrogen-bond acceptors (Lipinski definition) is 6. The third-order valence-electron chi connectivity index (χ3n) is 5.13. The van der Waals surface area contributed by atoms with Crippen molar-refractivity contribution in [1.29, 1.82) is 0 Å². The van der Waals surface area contributed by atoms with E-state index in [0.717, 1.165) is 12.1 Å². The molecule has 0 saturated carbocycles. The van der Waals surface area contributed by atoms with Gasteiger partial charge in [0.05, 0.1) is 30.4 Å². The highest BCUT2D eigenvalue weighted by Crippen LogP contribution is 2.31. The van der Waals surface area contributed by atoms with E-state index in [9.17, 15) is 26.4 Å². The van der Waals surface area contributed by atoms with Gasteiger partial charge in [0.25, 0.3) is 5.91 Å². The van der Waals surface area contributed by atoms with Gasteiger partial charge < -0.3 is 14.4 Å². The third-order valence-corrected chi connectivity index (χ3v) is 7.02. The smallest absolute Gasteiger partial charge is 0.433 e. The second-order valence-corrected chi connectivity index (χ2v) is 8.98. The first-order chi connectivity index (χ1) is 15.0. The van der Waals surface area contributed by atoms with Crippen LogP contribution in [0.4, 0.5) is 13.2 Å². The summed E-state index contributed by atoms with van der Waals surface area (Å²) in [5, 5.41) is 0. The summed E-state index contributed by atoms with van der Waals surface area (Å²) in [5.41, 5.74) is -1.06. The molecule has 0 atom stereocenters. The molecule has 0 radical (unpaired) electrons. The van der Waals surface area contributed by atoms with E-state index in [0.29, 0.717) is 5.75 Å². The first-order valence-corrected chi connectivity index (χ1v) is 11.0. The minimum atomic E-state index is -4.60. The van der Waals surface area contributed by atoms with Crippen LogP contribution in [0.25, 0.3) is 0 Å². The number of aryl methyl sites for hydroxylation is 1. The average molecular weight is 473 g/mol. The molecule has 0 aliphatic carbocycles. The van der Waals surface area contributed by atoms with E-state index in [1.54, 1.807) is 0 Å². The predicted octanol–water partition coefficient (Wildman–Crippen LogP) is 2.57. The summed E-state index contributed by atoms with van der Waals surface area (Å²) < 4.78 is 75.9. The molecule has 3 rings (SSSR count). The van der Waals surface area contributed by atoms with E-state index in [4.69, 9.17) is 9.47 Å². The normalized spacial score (nSPS) is 15.5. The van der Waals surface area contributed by atoms with Crippen molar-refractivity contribution in [2.45, 2.75) is 18.0 Å². The molecule has 2 heterocycles. The van der Waals surface area contributed by atoms with Gasteiger partial charge in [-0.05, 0) is 31.2 Å². The van der Waals surface area contributed by atoms with Crippen molar-refractivity contribution in [2.75, 3.05) is 40.4 Å².